The molecule has 0 saturated carbocycles. The van der Waals surface area contributed by atoms with Crippen LogP contribution in [0.3, 0.4) is 0 Å². The number of nitrogens with one attached hydrogen (secondary N) is 1. The molecule has 0 radical (unpaired) electrons. The van der Waals surface area contributed by atoms with Gasteiger partial charge in [0.05, 0.1) is 24.7 Å². The Balaban J connectivity index is 1.91. The monoisotopic (exact) mass is 305 g/mol. The fourth-order valence-electron chi connectivity index (χ4n) is 1.93. The number of hydrogen-bond donors (Lipinski definition) is 1. The Morgan fingerprint density at radius 1 is 0.913 bits per heavy atom. The molecule has 0 aliphatic carbocycles. The zero-order valence-electron chi connectivity index (χ0n) is 12.5. The van der Waals surface area contributed by atoms with Gasteiger partial charge < -0.3 is 4.74 Å². The first-order valence-electron chi connectivity index (χ1n) is 7.03. The Morgan fingerprint density at radius 2 is 1.61 bits per heavy atom. The topological polar surface area (TPSA) is 72.3 Å². The molecular formula is C17H15N5O. The zero-order chi connectivity index (χ0) is 15.9. The summed E-state index contributed by atoms with van der Waals surface area (Å²) in [7, 11) is 1.60. The lowest BCUT2D eigenvalue weighted by atomic mass is 10.1. The fraction of sp³-hybridized carbons (Fsp3) is 0.0588. The van der Waals surface area contributed by atoms with Gasteiger partial charge in [-0.3, -0.25) is 15.4 Å². The highest BCUT2D eigenvalue weighted by molar-refractivity contribution is 6.10. The minimum Gasteiger partial charge on any atom is -0.495 e. The molecule has 0 fully saturated rings. The molecule has 6 nitrogen and oxygen atoms in total. The molecule has 0 amide bonds. The maximum Gasteiger partial charge on any atom is 0.146 e. The van der Waals surface area contributed by atoms with Crippen LogP contribution in [0.2, 0.25) is 0 Å². The highest BCUT2D eigenvalue weighted by Gasteiger charge is 2.09. The lowest BCUT2D eigenvalue weighted by Gasteiger charge is -2.07. The number of ether oxygens (including phenoxy) is 1. The SMILES string of the molecule is COc1ccc(NN=C(c2ccccn2)c2ccccn2)nc1. The van der Waals surface area contributed by atoms with E-state index in [9.17, 15) is 0 Å². The third-order valence-corrected chi connectivity index (χ3v) is 3.07. The smallest absolute Gasteiger partial charge is 0.146 e. The van der Waals surface area contributed by atoms with Crippen LogP contribution in [0.5, 0.6) is 5.75 Å². The summed E-state index contributed by atoms with van der Waals surface area (Å²) in [5.74, 6) is 1.30. The highest BCUT2D eigenvalue weighted by Crippen LogP contribution is 2.12. The van der Waals surface area contributed by atoms with Crippen molar-refractivity contribution >= 4 is 11.5 Å². The molecular weight excluding hydrogens is 290 g/mol. The van der Waals surface area contributed by atoms with Gasteiger partial charge in [-0.15, -0.1) is 0 Å². The summed E-state index contributed by atoms with van der Waals surface area (Å²) in [4.78, 5) is 12.9. The van der Waals surface area contributed by atoms with Gasteiger partial charge in [0.25, 0.3) is 0 Å². The average molecular weight is 305 g/mol. The molecule has 3 aromatic rings. The van der Waals surface area contributed by atoms with E-state index in [1.807, 2.05) is 42.5 Å². The lowest BCUT2D eigenvalue weighted by molar-refractivity contribution is 0.413. The number of aromatic nitrogens is 3. The largest absolute Gasteiger partial charge is 0.495 e. The maximum atomic E-state index is 5.09. The summed E-state index contributed by atoms with van der Waals surface area (Å²) in [5.41, 5.74) is 5.03. The number of pyridine rings is 3. The second-order valence-electron chi connectivity index (χ2n) is 4.59. The standard InChI is InChI=1S/C17H15N5O/c1-23-13-8-9-16(20-12-13)21-22-17(14-6-2-4-10-18-14)15-7-3-5-11-19-15/h2-12H,1H3,(H,20,21). The van der Waals surface area contributed by atoms with E-state index < -0.39 is 0 Å². The Bertz CT molecular complexity index is 732. The Kier molecular flexibility index (Phi) is 4.54. The molecule has 3 aromatic heterocycles. The van der Waals surface area contributed by atoms with Crippen LogP contribution < -0.4 is 10.2 Å². The lowest BCUT2D eigenvalue weighted by Crippen LogP contribution is -2.10. The van der Waals surface area contributed by atoms with Gasteiger partial charge in [-0.2, -0.15) is 5.10 Å². The summed E-state index contributed by atoms with van der Waals surface area (Å²) in [6.45, 7) is 0. The van der Waals surface area contributed by atoms with E-state index in [4.69, 9.17) is 4.74 Å². The molecule has 0 atom stereocenters. The van der Waals surface area contributed by atoms with Crippen molar-refractivity contribution in [3.8, 4) is 5.75 Å². The number of anilines is 1. The number of hydrazone groups is 1. The van der Waals surface area contributed by atoms with Crippen LogP contribution in [0.1, 0.15) is 11.4 Å². The van der Waals surface area contributed by atoms with Crippen LogP contribution in [0, 0.1) is 0 Å². The molecule has 3 heterocycles. The van der Waals surface area contributed by atoms with E-state index in [1.54, 1.807) is 31.8 Å². The molecule has 3 rings (SSSR count). The van der Waals surface area contributed by atoms with Crippen LogP contribution >= 0.6 is 0 Å². The van der Waals surface area contributed by atoms with E-state index in [0.717, 1.165) is 11.4 Å². The molecule has 6 heteroatoms. The molecule has 114 valence electrons. The summed E-state index contributed by atoms with van der Waals surface area (Å²) in [5, 5.41) is 4.43. The molecule has 0 bridgehead atoms. The second kappa shape index (κ2) is 7.13. The summed E-state index contributed by atoms with van der Waals surface area (Å²) in [6, 6.07) is 14.9. The van der Waals surface area contributed by atoms with Gasteiger partial charge in [0, 0.05) is 12.4 Å². The molecule has 0 aliphatic heterocycles. The highest BCUT2D eigenvalue weighted by atomic mass is 16.5. The second-order valence-corrected chi connectivity index (χ2v) is 4.59. The van der Waals surface area contributed by atoms with Crippen molar-refractivity contribution in [3.05, 3.63) is 78.5 Å². The Labute approximate surface area is 133 Å². The van der Waals surface area contributed by atoms with Gasteiger partial charge in [-0.25, -0.2) is 4.98 Å². The third-order valence-electron chi connectivity index (χ3n) is 3.07. The van der Waals surface area contributed by atoms with Gasteiger partial charge in [0.15, 0.2) is 0 Å². The molecule has 23 heavy (non-hydrogen) atoms. The molecule has 0 aromatic carbocycles. The first kappa shape index (κ1) is 14.6. The van der Waals surface area contributed by atoms with Crippen molar-refractivity contribution in [1.29, 1.82) is 0 Å². The minimum atomic E-state index is 0.607. The Hall–Kier alpha value is -3.28. The maximum absolute atomic E-state index is 5.09. The van der Waals surface area contributed by atoms with Crippen molar-refractivity contribution in [1.82, 2.24) is 15.0 Å². The van der Waals surface area contributed by atoms with Crippen molar-refractivity contribution < 1.29 is 4.74 Å². The molecule has 0 aliphatic rings. The van der Waals surface area contributed by atoms with Gasteiger partial charge >= 0.3 is 0 Å². The molecule has 1 N–H and O–H groups in total. The van der Waals surface area contributed by atoms with Crippen molar-refractivity contribution in [2.24, 2.45) is 5.10 Å². The minimum absolute atomic E-state index is 0.607. The summed E-state index contributed by atoms with van der Waals surface area (Å²) < 4.78 is 5.09. The predicted molar refractivity (Wildman–Crippen MR) is 88.5 cm³/mol. The van der Waals surface area contributed by atoms with Crippen molar-refractivity contribution in [2.45, 2.75) is 0 Å². The van der Waals surface area contributed by atoms with Crippen LogP contribution in [0.15, 0.2) is 72.2 Å². The quantitative estimate of drug-likeness (QED) is 0.579. The fourth-order valence-corrected chi connectivity index (χ4v) is 1.93. The van der Waals surface area contributed by atoms with Gasteiger partial charge in [0.1, 0.15) is 17.3 Å². The van der Waals surface area contributed by atoms with Crippen molar-refractivity contribution in [3.63, 3.8) is 0 Å². The molecule has 0 spiro atoms. The normalized spacial score (nSPS) is 9.96. The first-order valence-corrected chi connectivity index (χ1v) is 7.03. The summed E-state index contributed by atoms with van der Waals surface area (Å²) >= 11 is 0. The van der Waals surface area contributed by atoms with Crippen LogP contribution in [-0.4, -0.2) is 27.8 Å². The zero-order valence-corrected chi connectivity index (χ0v) is 12.5. The van der Waals surface area contributed by atoms with Gasteiger partial charge in [-0.1, -0.05) is 12.1 Å². The first-order chi connectivity index (χ1) is 11.4. The van der Waals surface area contributed by atoms with E-state index in [0.29, 0.717) is 17.3 Å². The number of nitrogens with zero attached hydrogens (tertiary/aromatic N) is 4. The number of rotatable bonds is 5. The van der Waals surface area contributed by atoms with E-state index in [-0.39, 0.29) is 0 Å². The number of methoxy groups -OCH3 is 1. The van der Waals surface area contributed by atoms with Gasteiger partial charge in [-0.05, 0) is 36.4 Å². The number of hydrogen-bond acceptors (Lipinski definition) is 6. The molecule has 0 saturated heterocycles. The van der Waals surface area contributed by atoms with E-state index in [2.05, 4.69) is 25.5 Å². The van der Waals surface area contributed by atoms with E-state index >= 15 is 0 Å². The predicted octanol–water partition coefficient (Wildman–Crippen LogP) is 2.74. The average Bonchev–Trinajstić information content (AvgIpc) is 2.64. The van der Waals surface area contributed by atoms with Crippen LogP contribution in [0.4, 0.5) is 5.82 Å². The Morgan fingerprint density at radius 3 is 2.09 bits per heavy atom. The van der Waals surface area contributed by atoms with E-state index in [1.165, 1.54) is 0 Å². The third kappa shape index (κ3) is 3.68. The molecule has 0 unspecified atom stereocenters. The van der Waals surface area contributed by atoms with Crippen molar-refractivity contribution in [2.75, 3.05) is 12.5 Å². The van der Waals surface area contributed by atoms with Crippen LogP contribution in [0.25, 0.3) is 0 Å². The summed E-state index contributed by atoms with van der Waals surface area (Å²) in [6.07, 6.45) is 5.07. The van der Waals surface area contributed by atoms with Crippen LogP contribution in [-0.2, 0) is 0 Å². The van der Waals surface area contributed by atoms with Gasteiger partial charge in [0.2, 0.25) is 0 Å².